The van der Waals surface area contributed by atoms with Crippen molar-refractivity contribution in [1.82, 2.24) is 19.6 Å². The van der Waals surface area contributed by atoms with Crippen LogP contribution in [-0.4, -0.2) is 38.6 Å². The molecule has 0 atom stereocenters. The van der Waals surface area contributed by atoms with Gasteiger partial charge in [0.05, 0.1) is 17.2 Å². The molecule has 1 N–H and O–H groups in total. The maximum absolute atomic E-state index is 13.6. The van der Waals surface area contributed by atoms with Crippen LogP contribution in [-0.2, 0) is 0 Å². The highest BCUT2D eigenvalue weighted by Gasteiger charge is 2.28. The molecule has 1 aromatic carbocycles. The van der Waals surface area contributed by atoms with Gasteiger partial charge in [0.25, 0.3) is 11.5 Å². The lowest BCUT2D eigenvalue weighted by Crippen LogP contribution is -2.45. The fraction of sp³-hybridized carbons (Fsp3) is 0.238. The average Bonchev–Trinajstić information content (AvgIpc) is 3.46. The van der Waals surface area contributed by atoms with Crippen LogP contribution in [0.15, 0.2) is 61.2 Å². The zero-order valence-corrected chi connectivity index (χ0v) is 16.2. The van der Waals surface area contributed by atoms with Crippen LogP contribution in [0.25, 0.3) is 22.4 Å². The second kappa shape index (κ2) is 7.38. The quantitative estimate of drug-likeness (QED) is 0.541. The number of nitrogens with zero attached hydrogens (tertiary/aromatic N) is 3. The third-order valence-electron chi connectivity index (χ3n) is 5.50. The number of furan rings is 1. The van der Waals surface area contributed by atoms with E-state index in [0.717, 1.165) is 10.6 Å². The standard InChI is InChI=1S/C21H17FN4O5/c22-12-3-4-15-14(10-12)19(27)26(21(29)23-15)13-5-7-25(8-6-13)20(28)16-11-18(31-24-16)17-2-1-9-30-17/h1-4,9-11,13H,5-8H2,(H,23,29). The number of likely N-dealkylation sites (tertiary alicyclic amines) is 1. The third kappa shape index (κ3) is 3.35. The normalized spacial score (nSPS) is 14.9. The van der Waals surface area contributed by atoms with Crippen LogP contribution >= 0.6 is 0 Å². The van der Waals surface area contributed by atoms with E-state index in [1.165, 1.54) is 24.5 Å². The lowest BCUT2D eigenvalue weighted by molar-refractivity contribution is 0.0681. The summed E-state index contributed by atoms with van der Waals surface area (Å²) in [7, 11) is 0. The summed E-state index contributed by atoms with van der Waals surface area (Å²) >= 11 is 0. The molecule has 1 amide bonds. The van der Waals surface area contributed by atoms with E-state index in [1.807, 2.05) is 0 Å². The van der Waals surface area contributed by atoms with Gasteiger partial charge in [0.2, 0.25) is 5.76 Å². The van der Waals surface area contributed by atoms with Gasteiger partial charge in [-0.2, -0.15) is 0 Å². The summed E-state index contributed by atoms with van der Waals surface area (Å²) in [6, 6.07) is 8.19. The van der Waals surface area contributed by atoms with Gasteiger partial charge in [-0.25, -0.2) is 9.18 Å². The lowest BCUT2D eigenvalue weighted by Gasteiger charge is -2.32. The number of amides is 1. The van der Waals surface area contributed by atoms with Crippen LogP contribution < -0.4 is 11.2 Å². The Labute approximate surface area is 173 Å². The molecule has 10 heteroatoms. The van der Waals surface area contributed by atoms with Crippen LogP contribution in [0.4, 0.5) is 4.39 Å². The van der Waals surface area contributed by atoms with E-state index in [0.29, 0.717) is 43.0 Å². The average molecular weight is 424 g/mol. The number of benzene rings is 1. The molecule has 5 rings (SSSR count). The Balaban J connectivity index is 1.34. The Morgan fingerprint density at radius 3 is 2.68 bits per heavy atom. The van der Waals surface area contributed by atoms with Gasteiger partial charge in [-0.3, -0.25) is 14.2 Å². The number of aromatic amines is 1. The molecule has 1 aliphatic heterocycles. The number of piperidine rings is 1. The van der Waals surface area contributed by atoms with Crippen LogP contribution in [0.2, 0.25) is 0 Å². The topological polar surface area (TPSA) is 114 Å². The predicted octanol–water partition coefficient (Wildman–Crippen LogP) is 2.55. The van der Waals surface area contributed by atoms with Gasteiger partial charge in [-0.1, -0.05) is 5.16 Å². The smallest absolute Gasteiger partial charge is 0.329 e. The molecule has 1 fully saturated rings. The number of nitrogens with one attached hydrogen (secondary N) is 1. The Kier molecular flexibility index (Phi) is 4.54. The van der Waals surface area contributed by atoms with Crippen molar-refractivity contribution in [2.75, 3.05) is 13.1 Å². The SMILES string of the molecule is O=C(c1cc(-c2ccco2)on1)N1CCC(n2c(=O)[nH]c3ccc(F)cc3c2=O)CC1. The van der Waals surface area contributed by atoms with Crippen molar-refractivity contribution in [2.24, 2.45) is 0 Å². The Bertz CT molecular complexity index is 1380. The summed E-state index contributed by atoms with van der Waals surface area (Å²) in [5.41, 5.74) is -0.643. The number of H-pyrrole nitrogens is 1. The van der Waals surface area contributed by atoms with E-state index in [9.17, 15) is 18.8 Å². The molecule has 158 valence electrons. The molecule has 0 bridgehead atoms. The van der Waals surface area contributed by atoms with Crippen LogP contribution in [0.1, 0.15) is 29.4 Å². The minimum atomic E-state index is -0.551. The van der Waals surface area contributed by atoms with Gasteiger partial charge < -0.3 is 18.8 Å². The molecule has 0 spiro atoms. The van der Waals surface area contributed by atoms with Crippen LogP contribution in [0.3, 0.4) is 0 Å². The van der Waals surface area contributed by atoms with Crippen molar-refractivity contribution in [3.8, 4) is 11.5 Å². The summed E-state index contributed by atoms with van der Waals surface area (Å²) in [4.78, 5) is 42.3. The molecule has 31 heavy (non-hydrogen) atoms. The van der Waals surface area contributed by atoms with Crippen molar-refractivity contribution in [3.63, 3.8) is 0 Å². The molecule has 4 heterocycles. The van der Waals surface area contributed by atoms with Gasteiger partial charge in [0, 0.05) is 25.2 Å². The van der Waals surface area contributed by atoms with Crippen LogP contribution in [0, 0.1) is 5.82 Å². The van der Waals surface area contributed by atoms with Crippen molar-refractivity contribution < 1.29 is 18.1 Å². The van der Waals surface area contributed by atoms with E-state index >= 15 is 0 Å². The number of halogens is 1. The van der Waals surface area contributed by atoms with E-state index in [1.54, 1.807) is 17.0 Å². The monoisotopic (exact) mass is 424 g/mol. The van der Waals surface area contributed by atoms with Crippen molar-refractivity contribution in [2.45, 2.75) is 18.9 Å². The molecule has 3 aromatic heterocycles. The predicted molar refractivity (Wildman–Crippen MR) is 107 cm³/mol. The van der Waals surface area contributed by atoms with Crippen molar-refractivity contribution in [1.29, 1.82) is 0 Å². The summed E-state index contributed by atoms with van der Waals surface area (Å²) in [6.07, 6.45) is 2.30. The number of aromatic nitrogens is 3. The first-order chi connectivity index (χ1) is 15.0. The maximum Gasteiger partial charge on any atom is 0.329 e. The van der Waals surface area contributed by atoms with Crippen LogP contribution in [0.5, 0.6) is 0 Å². The number of carbonyl (C=O) groups excluding carboxylic acids is 1. The van der Waals surface area contributed by atoms with E-state index in [4.69, 9.17) is 8.94 Å². The highest BCUT2D eigenvalue weighted by Crippen LogP contribution is 2.24. The molecule has 1 aliphatic rings. The van der Waals surface area contributed by atoms with Gasteiger partial charge in [-0.15, -0.1) is 0 Å². The first kappa shape index (κ1) is 19.0. The first-order valence-electron chi connectivity index (χ1n) is 9.75. The molecule has 1 saturated heterocycles. The molecule has 0 unspecified atom stereocenters. The molecular weight excluding hydrogens is 407 g/mol. The van der Waals surface area contributed by atoms with Crippen molar-refractivity contribution in [3.05, 3.63) is 75.0 Å². The molecular formula is C21H17FN4O5. The van der Waals surface area contributed by atoms with Gasteiger partial charge in [-0.05, 0) is 43.2 Å². The number of hydrogen-bond donors (Lipinski definition) is 1. The summed E-state index contributed by atoms with van der Waals surface area (Å²) in [5.74, 6) is -0.0340. The van der Waals surface area contributed by atoms with E-state index < -0.39 is 23.1 Å². The summed E-state index contributed by atoms with van der Waals surface area (Å²) < 4.78 is 25.1. The summed E-state index contributed by atoms with van der Waals surface area (Å²) in [6.45, 7) is 0.666. The number of hydrogen-bond acceptors (Lipinski definition) is 6. The van der Waals surface area contributed by atoms with Gasteiger partial charge in [0.1, 0.15) is 5.82 Å². The van der Waals surface area contributed by atoms with E-state index in [2.05, 4.69) is 10.1 Å². The number of fused-ring (bicyclic) bond motifs is 1. The maximum atomic E-state index is 13.6. The fourth-order valence-electron chi connectivity index (χ4n) is 3.93. The zero-order chi connectivity index (χ0) is 21.5. The third-order valence-corrected chi connectivity index (χ3v) is 5.50. The number of rotatable bonds is 3. The Morgan fingerprint density at radius 1 is 1.13 bits per heavy atom. The molecule has 0 saturated carbocycles. The lowest BCUT2D eigenvalue weighted by atomic mass is 10.0. The minimum Gasteiger partial charge on any atom is -0.461 e. The zero-order valence-electron chi connectivity index (χ0n) is 16.2. The Hall–Kier alpha value is -3.95. The fourth-order valence-corrected chi connectivity index (χ4v) is 3.93. The molecule has 4 aromatic rings. The van der Waals surface area contributed by atoms with Gasteiger partial charge in [0.15, 0.2) is 11.5 Å². The molecule has 0 radical (unpaired) electrons. The first-order valence-corrected chi connectivity index (χ1v) is 9.75. The second-order valence-electron chi connectivity index (χ2n) is 7.37. The van der Waals surface area contributed by atoms with E-state index in [-0.39, 0.29) is 17.0 Å². The largest absolute Gasteiger partial charge is 0.461 e. The summed E-state index contributed by atoms with van der Waals surface area (Å²) in [5, 5.41) is 3.94. The van der Waals surface area contributed by atoms with Crippen molar-refractivity contribution >= 4 is 16.8 Å². The molecule has 9 nitrogen and oxygen atoms in total. The molecule has 0 aliphatic carbocycles. The highest BCUT2D eigenvalue weighted by atomic mass is 19.1. The second-order valence-corrected chi connectivity index (χ2v) is 7.37. The Morgan fingerprint density at radius 2 is 1.94 bits per heavy atom. The minimum absolute atomic E-state index is 0.117. The van der Waals surface area contributed by atoms with Gasteiger partial charge >= 0.3 is 5.69 Å². The number of carbonyl (C=O) groups is 1. The highest BCUT2D eigenvalue weighted by molar-refractivity contribution is 5.93.